The molecule has 1 heterocycles. The number of hydrogen-bond donors (Lipinski definition) is 2. The molecule has 0 aromatic heterocycles. The van der Waals surface area contributed by atoms with Gasteiger partial charge in [0.05, 0.1) is 5.75 Å². The second kappa shape index (κ2) is 8.86. The van der Waals surface area contributed by atoms with Gasteiger partial charge >= 0.3 is 0 Å². The number of sulfonamides is 1. The molecule has 0 atom stereocenters. The number of hydrogen-bond acceptors (Lipinski definition) is 6. The van der Waals surface area contributed by atoms with E-state index in [0.29, 0.717) is 43.2 Å². The number of ether oxygens (including phenoxy) is 3. The maximum Gasteiger partial charge on any atom is 0.251 e. The third-order valence-electron chi connectivity index (χ3n) is 3.28. The summed E-state index contributed by atoms with van der Waals surface area (Å²) in [5, 5.41) is 2.58. The van der Waals surface area contributed by atoms with Crippen molar-refractivity contribution in [1.29, 1.82) is 0 Å². The van der Waals surface area contributed by atoms with Crippen molar-refractivity contribution >= 4 is 15.9 Å². The van der Waals surface area contributed by atoms with E-state index in [1.807, 2.05) is 6.92 Å². The summed E-state index contributed by atoms with van der Waals surface area (Å²) in [6.45, 7) is 3.48. The molecule has 0 bridgehead atoms. The number of carbonyl (C=O) groups is 1. The maximum atomic E-state index is 12.0. The van der Waals surface area contributed by atoms with Crippen LogP contribution in [0.3, 0.4) is 0 Å². The first kappa shape index (κ1) is 18.5. The van der Waals surface area contributed by atoms with Crippen molar-refractivity contribution in [1.82, 2.24) is 10.0 Å². The quantitative estimate of drug-likeness (QED) is 0.590. The van der Waals surface area contributed by atoms with E-state index in [2.05, 4.69) is 10.0 Å². The lowest BCUT2D eigenvalue weighted by atomic mass is 10.2. The first-order valence-electron chi connectivity index (χ1n) is 7.75. The van der Waals surface area contributed by atoms with Gasteiger partial charge < -0.3 is 19.5 Å². The average molecular weight is 358 g/mol. The molecule has 0 spiro atoms. The molecule has 9 heteroatoms. The summed E-state index contributed by atoms with van der Waals surface area (Å²) >= 11 is 0. The fourth-order valence-electron chi connectivity index (χ4n) is 2.06. The van der Waals surface area contributed by atoms with Gasteiger partial charge in [0, 0.05) is 31.9 Å². The highest BCUT2D eigenvalue weighted by Crippen LogP contribution is 2.32. The van der Waals surface area contributed by atoms with Crippen LogP contribution in [0.4, 0.5) is 0 Å². The average Bonchev–Trinajstić information content (AvgIpc) is 3.01. The highest BCUT2D eigenvalue weighted by atomic mass is 32.2. The summed E-state index contributed by atoms with van der Waals surface area (Å²) in [4.78, 5) is 12.0. The molecule has 2 N–H and O–H groups in total. The fourth-order valence-corrected chi connectivity index (χ4v) is 3.03. The van der Waals surface area contributed by atoms with E-state index in [9.17, 15) is 13.2 Å². The summed E-state index contributed by atoms with van der Waals surface area (Å²) < 4.78 is 41.6. The highest BCUT2D eigenvalue weighted by molar-refractivity contribution is 7.89. The van der Waals surface area contributed by atoms with E-state index < -0.39 is 10.0 Å². The summed E-state index contributed by atoms with van der Waals surface area (Å²) in [6, 6.07) is 4.81. The summed E-state index contributed by atoms with van der Waals surface area (Å²) in [6.07, 6.45) is 0.608. The highest BCUT2D eigenvalue weighted by Gasteiger charge is 2.16. The zero-order valence-corrected chi connectivity index (χ0v) is 14.4. The summed E-state index contributed by atoms with van der Waals surface area (Å²) in [7, 11) is -3.42. The van der Waals surface area contributed by atoms with Crippen molar-refractivity contribution in [2.24, 2.45) is 0 Å². The molecule has 0 unspecified atom stereocenters. The molecule has 134 valence electrons. The van der Waals surface area contributed by atoms with Gasteiger partial charge in [-0.05, 0) is 31.5 Å². The Labute approximate surface area is 141 Å². The minimum absolute atomic E-state index is 0.0219. The fraction of sp³-hybridized carbons (Fsp3) is 0.533. The zero-order chi connectivity index (χ0) is 17.4. The van der Waals surface area contributed by atoms with E-state index in [1.54, 1.807) is 18.2 Å². The van der Waals surface area contributed by atoms with E-state index in [4.69, 9.17) is 14.2 Å². The summed E-state index contributed by atoms with van der Waals surface area (Å²) in [5.74, 6) is 0.550. The van der Waals surface area contributed by atoms with Crippen LogP contribution in [0.15, 0.2) is 18.2 Å². The van der Waals surface area contributed by atoms with Gasteiger partial charge in [-0.2, -0.15) is 0 Å². The number of rotatable bonds is 10. The molecular weight excluding hydrogens is 336 g/mol. The Morgan fingerprint density at radius 1 is 1.25 bits per heavy atom. The summed E-state index contributed by atoms with van der Waals surface area (Å²) in [5.41, 5.74) is 0.390. The predicted molar refractivity (Wildman–Crippen MR) is 87.8 cm³/mol. The standard InChI is InChI=1S/C15H22N2O6S/c1-2-21-8-3-6-17-24(19,20)9-7-16-15(18)12-4-5-13-14(10-12)23-11-22-13/h4-5,10,17H,2-3,6-9,11H2,1H3,(H,16,18). The second-order valence-corrected chi connectivity index (χ2v) is 7.01. The van der Waals surface area contributed by atoms with Gasteiger partial charge in [-0.3, -0.25) is 4.79 Å². The van der Waals surface area contributed by atoms with Gasteiger partial charge in [-0.25, -0.2) is 13.1 Å². The Bertz CT molecular complexity index is 662. The molecule has 0 fully saturated rings. The van der Waals surface area contributed by atoms with E-state index >= 15 is 0 Å². The van der Waals surface area contributed by atoms with Crippen molar-refractivity contribution < 1.29 is 27.4 Å². The molecule has 1 aliphatic rings. The Morgan fingerprint density at radius 3 is 2.83 bits per heavy atom. The normalized spacial score (nSPS) is 13.0. The van der Waals surface area contributed by atoms with Gasteiger partial charge in [-0.1, -0.05) is 0 Å². The zero-order valence-electron chi connectivity index (χ0n) is 13.5. The smallest absolute Gasteiger partial charge is 0.251 e. The van der Waals surface area contributed by atoms with E-state index in [-0.39, 0.29) is 25.0 Å². The number of amides is 1. The molecule has 1 aromatic rings. The molecule has 0 aliphatic carbocycles. The number of carbonyl (C=O) groups excluding carboxylic acids is 1. The van der Waals surface area contributed by atoms with Crippen LogP contribution in [0.25, 0.3) is 0 Å². The predicted octanol–water partition coefficient (Wildman–Crippen LogP) is 0.491. The van der Waals surface area contributed by atoms with Crippen molar-refractivity contribution in [3.8, 4) is 11.5 Å². The van der Waals surface area contributed by atoms with Crippen molar-refractivity contribution in [3.05, 3.63) is 23.8 Å². The van der Waals surface area contributed by atoms with E-state index in [1.165, 1.54) is 0 Å². The van der Waals surface area contributed by atoms with Gasteiger partial charge in [0.2, 0.25) is 16.8 Å². The minimum atomic E-state index is -3.42. The topological polar surface area (TPSA) is 103 Å². The minimum Gasteiger partial charge on any atom is -0.454 e. The third-order valence-corrected chi connectivity index (χ3v) is 4.67. The lowest BCUT2D eigenvalue weighted by molar-refractivity contribution is 0.0955. The molecule has 24 heavy (non-hydrogen) atoms. The first-order valence-corrected chi connectivity index (χ1v) is 9.40. The van der Waals surface area contributed by atoms with Gasteiger partial charge in [-0.15, -0.1) is 0 Å². The molecule has 0 saturated carbocycles. The first-order chi connectivity index (χ1) is 11.5. The Morgan fingerprint density at radius 2 is 2.04 bits per heavy atom. The molecular formula is C15H22N2O6S. The van der Waals surface area contributed by atoms with Crippen molar-refractivity contribution in [3.63, 3.8) is 0 Å². The van der Waals surface area contributed by atoms with Crippen LogP contribution < -0.4 is 19.5 Å². The second-order valence-electron chi connectivity index (χ2n) is 5.09. The van der Waals surface area contributed by atoms with Crippen LogP contribution in [0.1, 0.15) is 23.7 Å². The molecule has 1 amide bonds. The lowest BCUT2D eigenvalue weighted by Gasteiger charge is -2.08. The molecule has 0 saturated heterocycles. The SMILES string of the molecule is CCOCCCNS(=O)(=O)CCNC(=O)c1ccc2c(c1)OCO2. The van der Waals surface area contributed by atoms with Crippen LogP contribution in [0, 0.1) is 0 Å². The van der Waals surface area contributed by atoms with Crippen LogP contribution in [0.5, 0.6) is 11.5 Å². The van der Waals surface area contributed by atoms with Crippen molar-refractivity contribution in [2.45, 2.75) is 13.3 Å². The van der Waals surface area contributed by atoms with Crippen molar-refractivity contribution in [2.75, 3.05) is 38.8 Å². The molecule has 0 radical (unpaired) electrons. The number of fused-ring (bicyclic) bond motifs is 1. The number of nitrogens with one attached hydrogen (secondary N) is 2. The van der Waals surface area contributed by atoms with Crippen LogP contribution in [0.2, 0.25) is 0 Å². The van der Waals surface area contributed by atoms with Gasteiger partial charge in [0.1, 0.15) is 0 Å². The Hall–Kier alpha value is -1.84. The molecule has 2 rings (SSSR count). The van der Waals surface area contributed by atoms with E-state index in [0.717, 1.165) is 0 Å². The Balaban J connectivity index is 1.71. The lowest BCUT2D eigenvalue weighted by Crippen LogP contribution is -2.35. The van der Waals surface area contributed by atoms with Gasteiger partial charge in [0.15, 0.2) is 11.5 Å². The Kier molecular flexibility index (Phi) is 6.83. The monoisotopic (exact) mass is 358 g/mol. The maximum absolute atomic E-state index is 12.0. The largest absolute Gasteiger partial charge is 0.454 e. The van der Waals surface area contributed by atoms with Gasteiger partial charge in [0.25, 0.3) is 5.91 Å². The molecule has 8 nitrogen and oxygen atoms in total. The molecule has 1 aromatic carbocycles. The van der Waals surface area contributed by atoms with Crippen LogP contribution in [-0.4, -0.2) is 53.2 Å². The third kappa shape index (κ3) is 5.66. The van der Waals surface area contributed by atoms with Crippen LogP contribution in [-0.2, 0) is 14.8 Å². The number of benzene rings is 1. The van der Waals surface area contributed by atoms with Crippen LogP contribution >= 0.6 is 0 Å². The molecule has 1 aliphatic heterocycles.